The summed E-state index contributed by atoms with van der Waals surface area (Å²) in [5, 5.41) is 19.4. The van der Waals surface area contributed by atoms with E-state index < -0.39 is 16.4 Å². The molecule has 0 spiro atoms. The van der Waals surface area contributed by atoms with E-state index in [0.29, 0.717) is 12.1 Å². The lowest BCUT2D eigenvalue weighted by molar-refractivity contribution is -0.387. The Balaban J connectivity index is 2.13. The lowest BCUT2D eigenvalue weighted by atomic mass is 10.1. The molecule has 2 rings (SSSR count). The first-order valence-corrected chi connectivity index (χ1v) is 5.68. The molecule has 1 fully saturated rings. The smallest absolute Gasteiger partial charge is 0.284 e. The van der Waals surface area contributed by atoms with E-state index in [0.717, 1.165) is 19.4 Å². The Kier molecular flexibility index (Phi) is 3.53. The minimum absolute atomic E-state index is 0.136. The maximum Gasteiger partial charge on any atom is 0.304 e. The second kappa shape index (κ2) is 5.10. The number of nitriles is 1. The summed E-state index contributed by atoms with van der Waals surface area (Å²) in [7, 11) is 0. The van der Waals surface area contributed by atoms with Crippen LogP contribution in [0.4, 0.5) is 10.1 Å². The molecule has 5 nitrogen and oxygen atoms in total. The van der Waals surface area contributed by atoms with Gasteiger partial charge in [0, 0.05) is 12.6 Å². The van der Waals surface area contributed by atoms with Gasteiger partial charge in [0.15, 0.2) is 0 Å². The zero-order valence-electron chi connectivity index (χ0n) is 9.67. The molecule has 0 radical (unpaired) electrons. The maximum atomic E-state index is 13.4. The van der Waals surface area contributed by atoms with Crippen molar-refractivity contribution in [1.29, 1.82) is 5.26 Å². The largest absolute Gasteiger partial charge is 0.304 e. The predicted molar refractivity (Wildman–Crippen MR) is 62.1 cm³/mol. The van der Waals surface area contributed by atoms with Crippen molar-refractivity contribution >= 4 is 5.69 Å². The van der Waals surface area contributed by atoms with Crippen LogP contribution in [0.5, 0.6) is 0 Å². The van der Waals surface area contributed by atoms with Crippen molar-refractivity contribution in [3.05, 3.63) is 39.7 Å². The van der Waals surface area contributed by atoms with Crippen molar-refractivity contribution in [2.45, 2.75) is 25.4 Å². The fraction of sp³-hybridized carbons (Fsp3) is 0.417. The molecule has 1 heterocycles. The van der Waals surface area contributed by atoms with Crippen LogP contribution in [-0.2, 0) is 6.54 Å². The summed E-state index contributed by atoms with van der Waals surface area (Å²) in [5.74, 6) is -0.829. The van der Waals surface area contributed by atoms with Crippen molar-refractivity contribution in [1.82, 2.24) is 4.90 Å². The van der Waals surface area contributed by atoms with Crippen LogP contribution in [-0.4, -0.2) is 22.4 Å². The van der Waals surface area contributed by atoms with E-state index in [1.807, 2.05) is 4.90 Å². The highest BCUT2D eigenvalue weighted by molar-refractivity contribution is 5.35. The van der Waals surface area contributed by atoms with Gasteiger partial charge in [0.25, 0.3) is 0 Å². The van der Waals surface area contributed by atoms with Gasteiger partial charge in [-0.3, -0.25) is 15.0 Å². The molecule has 94 valence electrons. The zero-order valence-corrected chi connectivity index (χ0v) is 9.67. The van der Waals surface area contributed by atoms with Crippen LogP contribution in [0.1, 0.15) is 18.4 Å². The van der Waals surface area contributed by atoms with Gasteiger partial charge in [-0.2, -0.15) is 9.65 Å². The fourth-order valence-electron chi connectivity index (χ4n) is 2.19. The summed E-state index contributed by atoms with van der Waals surface area (Å²) in [6.45, 7) is 1.25. The highest BCUT2D eigenvalue weighted by Crippen LogP contribution is 2.22. The Morgan fingerprint density at radius 2 is 2.39 bits per heavy atom. The van der Waals surface area contributed by atoms with Crippen molar-refractivity contribution < 1.29 is 9.31 Å². The minimum Gasteiger partial charge on any atom is -0.284 e. The number of likely N-dealkylation sites (tertiary alicyclic amines) is 1. The predicted octanol–water partition coefficient (Wildman–Crippen LogP) is 2.22. The average Bonchev–Trinajstić information content (AvgIpc) is 2.76. The molecule has 1 unspecified atom stereocenters. The summed E-state index contributed by atoms with van der Waals surface area (Å²) in [4.78, 5) is 11.7. The van der Waals surface area contributed by atoms with Gasteiger partial charge in [0.1, 0.15) is 0 Å². The summed E-state index contributed by atoms with van der Waals surface area (Å²) < 4.78 is 13.4. The summed E-state index contributed by atoms with van der Waals surface area (Å²) in [6, 6.07) is 5.94. The lowest BCUT2D eigenvalue weighted by Gasteiger charge is -2.18. The fourth-order valence-corrected chi connectivity index (χ4v) is 2.19. The van der Waals surface area contributed by atoms with Crippen molar-refractivity contribution in [2.75, 3.05) is 6.54 Å². The van der Waals surface area contributed by atoms with Gasteiger partial charge in [0.2, 0.25) is 5.82 Å². The van der Waals surface area contributed by atoms with E-state index in [2.05, 4.69) is 6.07 Å². The van der Waals surface area contributed by atoms with E-state index in [1.54, 1.807) is 0 Å². The van der Waals surface area contributed by atoms with Gasteiger partial charge < -0.3 is 0 Å². The molecule has 0 saturated carbocycles. The number of rotatable bonds is 3. The monoisotopic (exact) mass is 249 g/mol. The second-order valence-corrected chi connectivity index (χ2v) is 4.30. The van der Waals surface area contributed by atoms with Crippen molar-refractivity contribution in [2.24, 2.45) is 0 Å². The highest BCUT2D eigenvalue weighted by atomic mass is 19.1. The van der Waals surface area contributed by atoms with E-state index >= 15 is 0 Å². The normalized spacial score (nSPS) is 19.7. The Bertz CT molecular complexity index is 513. The number of nitro groups is 1. The molecule has 1 aromatic carbocycles. The molecule has 0 aliphatic carbocycles. The van der Waals surface area contributed by atoms with Crippen molar-refractivity contribution in [3.63, 3.8) is 0 Å². The SMILES string of the molecule is N#CC1CCCN1Cc1ccc([N+](=O)[O-])c(F)c1. The van der Waals surface area contributed by atoms with Gasteiger partial charge in [-0.15, -0.1) is 0 Å². The Morgan fingerprint density at radius 1 is 1.61 bits per heavy atom. The average molecular weight is 249 g/mol. The van der Waals surface area contributed by atoms with Crippen LogP contribution in [0.15, 0.2) is 18.2 Å². The Hall–Kier alpha value is -2.00. The van der Waals surface area contributed by atoms with Crippen LogP contribution in [0.3, 0.4) is 0 Å². The van der Waals surface area contributed by atoms with Crippen LogP contribution in [0, 0.1) is 27.3 Å². The van der Waals surface area contributed by atoms with Crippen LogP contribution in [0.25, 0.3) is 0 Å². The molecule has 0 amide bonds. The zero-order chi connectivity index (χ0) is 13.1. The topological polar surface area (TPSA) is 70.2 Å². The standard InChI is InChI=1S/C12H12FN3O2/c13-11-6-9(3-4-12(11)16(17)18)8-15-5-1-2-10(15)7-14/h3-4,6,10H,1-2,5,8H2. The number of nitro benzene ring substituents is 1. The molecular weight excluding hydrogens is 237 g/mol. The molecule has 0 N–H and O–H groups in total. The maximum absolute atomic E-state index is 13.4. The molecular formula is C12H12FN3O2. The summed E-state index contributed by atoms with van der Waals surface area (Å²) in [6.07, 6.45) is 1.78. The molecule has 1 saturated heterocycles. The molecule has 1 aliphatic heterocycles. The minimum atomic E-state index is -0.829. The van der Waals surface area contributed by atoms with E-state index in [4.69, 9.17) is 5.26 Å². The third-order valence-electron chi connectivity index (χ3n) is 3.11. The summed E-state index contributed by atoms with van der Waals surface area (Å²) in [5.41, 5.74) is 0.136. The third kappa shape index (κ3) is 2.46. The number of hydrogen-bond donors (Lipinski definition) is 0. The summed E-state index contributed by atoms with van der Waals surface area (Å²) >= 11 is 0. The van der Waals surface area contributed by atoms with Crippen LogP contribution >= 0.6 is 0 Å². The van der Waals surface area contributed by atoms with E-state index in [9.17, 15) is 14.5 Å². The second-order valence-electron chi connectivity index (χ2n) is 4.30. The number of benzene rings is 1. The molecule has 0 bridgehead atoms. The molecule has 0 aromatic heterocycles. The van der Waals surface area contributed by atoms with Gasteiger partial charge in [-0.25, -0.2) is 0 Å². The molecule has 6 heteroatoms. The number of hydrogen-bond acceptors (Lipinski definition) is 4. The first-order valence-electron chi connectivity index (χ1n) is 5.68. The Labute approximate surface area is 104 Å². The number of halogens is 1. The first kappa shape index (κ1) is 12.5. The van der Waals surface area contributed by atoms with Crippen molar-refractivity contribution in [3.8, 4) is 6.07 Å². The molecule has 18 heavy (non-hydrogen) atoms. The van der Waals surface area contributed by atoms with Crippen LogP contribution in [0.2, 0.25) is 0 Å². The Morgan fingerprint density at radius 3 is 3.00 bits per heavy atom. The van der Waals surface area contributed by atoms with Gasteiger partial charge >= 0.3 is 5.69 Å². The lowest BCUT2D eigenvalue weighted by Crippen LogP contribution is -2.27. The van der Waals surface area contributed by atoms with Crippen LogP contribution < -0.4 is 0 Å². The third-order valence-corrected chi connectivity index (χ3v) is 3.11. The van der Waals surface area contributed by atoms with Gasteiger partial charge in [-0.05, 0) is 31.0 Å². The van der Waals surface area contributed by atoms with E-state index in [1.165, 1.54) is 18.2 Å². The van der Waals surface area contributed by atoms with Gasteiger partial charge in [-0.1, -0.05) is 6.07 Å². The molecule has 1 atom stereocenters. The molecule has 1 aliphatic rings. The first-order chi connectivity index (χ1) is 8.61. The highest BCUT2D eigenvalue weighted by Gasteiger charge is 2.24. The molecule has 1 aromatic rings. The van der Waals surface area contributed by atoms with E-state index in [-0.39, 0.29) is 6.04 Å². The van der Waals surface area contributed by atoms with Gasteiger partial charge in [0.05, 0.1) is 17.0 Å². The number of nitrogens with zero attached hydrogens (tertiary/aromatic N) is 3. The quantitative estimate of drug-likeness (QED) is 0.608.